The Balaban J connectivity index is 1.80. The molecule has 0 saturated carbocycles. The molecule has 1 N–H and O–H groups in total. The molecular weight excluding hydrogens is 309 g/mol. The van der Waals surface area contributed by atoms with Gasteiger partial charge in [-0.25, -0.2) is 9.37 Å². The Bertz CT molecular complexity index is 956. The van der Waals surface area contributed by atoms with Crippen LogP contribution >= 0.6 is 0 Å². The third-order valence-electron chi connectivity index (χ3n) is 4.36. The maximum absolute atomic E-state index is 13.6. The first-order valence-electron chi connectivity index (χ1n) is 7.80. The van der Waals surface area contributed by atoms with Gasteiger partial charge in [0.1, 0.15) is 17.3 Å². The summed E-state index contributed by atoms with van der Waals surface area (Å²) in [5.74, 6) is 0.178. The van der Waals surface area contributed by atoms with E-state index in [0.717, 1.165) is 5.56 Å². The van der Waals surface area contributed by atoms with E-state index >= 15 is 0 Å². The minimum atomic E-state index is -0.547. The molecular formula is C18H16FN3O2. The molecule has 3 aromatic rings. The number of halogens is 1. The summed E-state index contributed by atoms with van der Waals surface area (Å²) in [5.41, 5.74) is 1.12. The number of fused-ring (bicyclic) bond motifs is 1. The molecule has 2 atom stereocenters. The Kier molecular flexibility index (Phi) is 3.54. The molecule has 3 heterocycles. The van der Waals surface area contributed by atoms with Gasteiger partial charge in [0.15, 0.2) is 0 Å². The number of aromatic nitrogens is 2. The molecule has 0 bridgehead atoms. The van der Waals surface area contributed by atoms with Crippen LogP contribution in [0.3, 0.4) is 0 Å². The van der Waals surface area contributed by atoms with Gasteiger partial charge in [-0.15, -0.1) is 0 Å². The minimum Gasteiger partial charge on any atom is -0.391 e. The van der Waals surface area contributed by atoms with Crippen molar-refractivity contribution in [1.29, 1.82) is 0 Å². The van der Waals surface area contributed by atoms with Gasteiger partial charge in [-0.3, -0.25) is 9.20 Å². The van der Waals surface area contributed by atoms with E-state index in [4.69, 9.17) is 0 Å². The first kappa shape index (κ1) is 14.8. The summed E-state index contributed by atoms with van der Waals surface area (Å²) in [5, 5.41) is 10.1. The highest BCUT2D eigenvalue weighted by molar-refractivity contribution is 5.51. The van der Waals surface area contributed by atoms with E-state index in [9.17, 15) is 14.3 Å². The summed E-state index contributed by atoms with van der Waals surface area (Å²) >= 11 is 0. The van der Waals surface area contributed by atoms with Crippen molar-refractivity contribution in [3.63, 3.8) is 0 Å². The molecule has 122 valence electrons. The number of hydrogen-bond acceptors (Lipinski definition) is 4. The number of aliphatic hydroxyl groups is 1. The molecule has 0 spiro atoms. The molecule has 4 rings (SSSR count). The van der Waals surface area contributed by atoms with Crippen molar-refractivity contribution < 1.29 is 9.50 Å². The lowest BCUT2D eigenvalue weighted by Crippen LogP contribution is -2.27. The van der Waals surface area contributed by atoms with Gasteiger partial charge in [-0.05, 0) is 36.2 Å². The van der Waals surface area contributed by atoms with Gasteiger partial charge in [0.25, 0.3) is 5.56 Å². The number of benzene rings is 1. The topological polar surface area (TPSA) is 57.8 Å². The van der Waals surface area contributed by atoms with Crippen molar-refractivity contribution in [2.45, 2.75) is 18.6 Å². The zero-order valence-electron chi connectivity index (χ0n) is 12.8. The molecule has 0 aliphatic carbocycles. The Morgan fingerprint density at radius 2 is 2.04 bits per heavy atom. The number of nitrogens with zero attached hydrogens (tertiary/aromatic N) is 3. The molecule has 1 aliphatic heterocycles. The predicted octanol–water partition coefficient (Wildman–Crippen LogP) is 2.15. The molecule has 0 amide bonds. The molecule has 0 radical (unpaired) electrons. The standard InChI is InChI=1S/C18H16FN3O2/c19-13-5-3-4-12(8-13)15-9-14(23)11-22(15)17-10-18(24)21-7-2-1-6-16(21)20-17/h1-8,10,14-15,23H,9,11H2. The highest BCUT2D eigenvalue weighted by atomic mass is 19.1. The van der Waals surface area contributed by atoms with Crippen LogP contribution in [-0.4, -0.2) is 27.1 Å². The third kappa shape index (κ3) is 2.55. The first-order chi connectivity index (χ1) is 11.6. The van der Waals surface area contributed by atoms with Crippen molar-refractivity contribution in [2.75, 3.05) is 11.4 Å². The summed E-state index contributed by atoms with van der Waals surface area (Å²) in [6.07, 6.45) is 1.59. The Morgan fingerprint density at radius 3 is 2.88 bits per heavy atom. The van der Waals surface area contributed by atoms with Crippen LogP contribution in [0, 0.1) is 5.82 Å². The van der Waals surface area contributed by atoms with E-state index in [2.05, 4.69) is 4.98 Å². The molecule has 1 saturated heterocycles. The molecule has 1 fully saturated rings. The number of pyridine rings is 1. The molecule has 2 unspecified atom stereocenters. The molecule has 24 heavy (non-hydrogen) atoms. The number of hydrogen-bond donors (Lipinski definition) is 1. The zero-order chi connectivity index (χ0) is 16.7. The summed E-state index contributed by atoms with van der Waals surface area (Å²) in [4.78, 5) is 18.7. The van der Waals surface area contributed by atoms with Crippen LogP contribution in [0.4, 0.5) is 10.2 Å². The lowest BCUT2D eigenvalue weighted by molar-refractivity contribution is 0.194. The Morgan fingerprint density at radius 1 is 1.17 bits per heavy atom. The highest BCUT2D eigenvalue weighted by Crippen LogP contribution is 2.35. The van der Waals surface area contributed by atoms with E-state index in [1.165, 1.54) is 22.6 Å². The van der Waals surface area contributed by atoms with E-state index in [1.807, 2.05) is 17.0 Å². The van der Waals surface area contributed by atoms with Crippen LogP contribution < -0.4 is 10.5 Å². The smallest absolute Gasteiger partial charge is 0.259 e. The number of aliphatic hydroxyl groups excluding tert-OH is 1. The summed E-state index contributed by atoms with van der Waals surface area (Å²) in [7, 11) is 0. The van der Waals surface area contributed by atoms with Crippen LogP contribution in [0.1, 0.15) is 18.0 Å². The average Bonchev–Trinajstić information content (AvgIpc) is 2.97. The van der Waals surface area contributed by atoms with Gasteiger partial charge < -0.3 is 10.0 Å². The number of anilines is 1. The summed E-state index contributed by atoms with van der Waals surface area (Å²) in [6.45, 7) is 0.358. The van der Waals surface area contributed by atoms with Crippen molar-refractivity contribution >= 4 is 11.5 Å². The minimum absolute atomic E-state index is 0.185. The fraction of sp³-hybridized carbons (Fsp3) is 0.222. The SMILES string of the molecule is O=c1cc(N2CC(O)CC2c2cccc(F)c2)nc2ccccn12. The molecule has 2 aromatic heterocycles. The lowest BCUT2D eigenvalue weighted by Gasteiger charge is -2.25. The van der Waals surface area contributed by atoms with Gasteiger partial charge in [0.2, 0.25) is 0 Å². The van der Waals surface area contributed by atoms with Crippen molar-refractivity contribution in [1.82, 2.24) is 9.38 Å². The van der Waals surface area contributed by atoms with E-state index < -0.39 is 6.10 Å². The van der Waals surface area contributed by atoms with Crippen LogP contribution in [0.5, 0.6) is 0 Å². The molecule has 1 aromatic carbocycles. The first-order valence-corrected chi connectivity index (χ1v) is 7.80. The highest BCUT2D eigenvalue weighted by Gasteiger charge is 2.33. The summed E-state index contributed by atoms with van der Waals surface area (Å²) in [6, 6.07) is 12.9. The van der Waals surface area contributed by atoms with Gasteiger partial charge in [0, 0.05) is 18.8 Å². The molecule has 1 aliphatic rings. The Hall–Kier alpha value is -2.73. The van der Waals surface area contributed by atoms with Crippen molar-refractivity contribution in [3.05, 3.63) is 76.5 Å². The van der Waals surface area contributed by atoms with Gasteiger partial charge >= 0.3 is 0 Å². The van der Waals surface area contributed by atoms with E-state index in [0.29, 0.717) is 24.4 Å². The molecule has 6 heteroatoms. The average molecular weight is 325 g/mol. The second-order valence-electron chi connectivity index (χ2n) is 5.99. The third-order valence-corrected chi connectivity index (χ3v) is 4.36. The normalized spacial score (nSPS) is 20.7. The second kappa shape index (κ2) is 5.72. The molecule has 5 nitrogen and oxygen atoms in total. The van der Waals surface area contributed by atoms with Crippen LogP contribution in [0.15, 0.2) is 59.5 Å². The monoisotopic (exact) mass is 325 g/mol. The fourth-order valence-electron chi connectivity index (χ4n) is 3.29. The zero-order valence-corrected chi connectivity index (χ0v) is 12.8. The van der Waals surface area contributed by atoms with Gasteiger partial charge in [-0.2, -0.15) is 0 Å². The van der Waals surface area contributed by atoms with E-state index in [1.54, 1.807) is 24.4 Å². The number of rotatable bonds is 2. The van der Waals surface area contributed by atoms with Gasteiger partial charge in [0.05, 0.1) is 12.1 Å². The second-order valence-corrected chi connectivity index (χ2v) is 5.99. The maximum Gasteiger partial charge on any atom is 0.259 e. The summed E-state index contributed by atoms with van der Waals surface area (Å²) < 4.78 is 15.0. The van der Waals surface area contributed by atoms with Crippen molar-refractivity contribution in [3.8, 4) is 0 Å². The number of β-amino-alcohol motifs (C(OH)–C–C–N with tert-alkyl or cyclic N) is 1. The quantitative estimate of drug-likeness (QED) is 0.784. The predicted molar refractivity (Wildman–Crippen MR) is 88.6 cm³/mol. The Labute approximate surface area is 137 Å². The van der Waals surface area contributed by atoms with E-state index in [-0.39, 0.29) is 17.4 Å². The maximum atomic E-state index is 13.6. The van der Waals surface area contributed by atoms with Crippen LogP contribution in [0.25, 0.3) is 5.65 Å². The largest absolute Gasteiger partial charge is 0.391 e. The fourth-order valence-corrected chi connectivity index (χ4v) is 3.29. The van der Waals surface area contributed by atoms with Crippen LogP contribution in [-0.2, 0) is 0 Å². The van der Waals surface area contributed by atoms with Gasteiger partial charge in [-0.1, -0.05) is 18.2 Å². The lowest BCUT2D eigenvalue weighted by atomic mass is 10.0. The van der Waals surface area contributed by atoms with Crippen LogP contribution in [0.2, 0.25) is 0 Å². The van der Waals surface area contributed by atoms with Crippen molar-refractivity contribution in [2.24, 2.45) is 0 Å².